The molecule has 1 atom stereocenters. The number of carbonyl (C=O) groups excluding carboxylic acids is 1. The number of allylic oxidation sites excluding steroid dienone is 2. The Hall–Kier alpha value is -1.36. The maximum atomic E-state index is 12.7. The second kappa shape index (κ2) is 8.17. The smallest absolute Gasteiger partial charge is 0.305 e. The molecule has 1 fully saturated rings. The Morgan fingerprint density at radius 2 is 1.90 bits per heavy atom. The van der Waals surface area contributed by atoms with Gasteiger partial charge in [0.15, 0.2) is 0 Å². The second-order valence-corrected chi connectivity index (χ2v) is 5.89. The molecular weight excluding hydrogens is 270 g/mol. The molecule has 5 heteroatoms. The molecule has 2 rings (SSSR count). The third-order valence-corrected chi connectivity index (χ3v) is 4.23. The highest BCUT2D eigenvalue weighted by molar-refractivity contribution is 5.79. The van der Waals surface area contributed by atoms with Crippen molar-refractivity contribution in [2.24, 2.45) is 5.92 Å². The lowest BCUT2D eigenvalue weighted by molar-refractivity contribution is -0.141. The number of hydrogen-bond donors (Lipinski definition) is 1. The highest BCUT2D eigenvalue weighted by Crippen LogP contribution is 2.22. The van der Waals surface area contributed by atoms with Crippen molar-refractivity contribution in [2.45, 2.75) is 51.0 Å². The molecule has 1 aliphatic heterocycles. The summed E-state index contributed by atoms with van der Waals surface area (Å²) in [5.74, 6) is -0.728. The van der Waals surface area contributed by atoms with Gasteiger partial charge in [-0.1, -0.05) is 12.2 Å². The summed E-state index contributed by atoms with van der Waals surface area (Å²) in [6, 6.07) is 0. The van der Waals surface area contributed by atoms with E-state index < -0.39 is 5.97 Å². The minimum Gasteiger partial charge on any atom is -0.481 e. The van der Waals surface area contributed by atoms with Gasteiger partial charge in [0.05, 0.1) is 12.5 Å². The second-order valence-electron chi connectivity index (χ2n) is 5.89. The molecule has 118 valence electrons. The highest BCUT2D eigenvalue weighted by Gasteiger charge is 2.28. The van der Waals surface area contributed by atoms with Gasteiger partial charge in [-0.2, -0.15) is 0 Å². The quantitative estimate of drug-likeness (QED) is 0.763. The Labute approximate surface area is 126 Å². The molecule has 0 saturated carbocycles. The molecule has 0 aromatic heterocycles. The molecule has 5 nitrogen and oxygen atoms in total. The summed E-state index contributed by atoms with van der Waals surface area (Å²) < 4.78 is 5.60. The van der Waals surface area contributed by atoms with E-state index in [0.717, 1.165) is 45.1 Å². The standard InChI is InChI=1S/C16H25NO4/c18-15(19)9-10-17(12-14-8-5-11-21-14)16(20)13-6-3-1-2-4-7-13/h1-2,13-14H,3-12H2,(H,18,19). The van der Waals surface area contributed by atoms with E-state index in [4.69, 9.17) is 9.84 Å². The van der Waals surface area contributed by atoms with Crippen LogP contribution in [0.25, 0.3) is 0 Å². The lowest BCUT2D eigenvalue weighted by atomic mass is 9.98. The fraction of sp³-hybridized carbons (Fsp3) is 0.750. The maximum Gasteiger partial charge on any atom is 0.305 e. The number of nitrogens with zero attached hydrogens (tertiary/aromatic N) is 1. The predicted molar refractivity (Wildman–Crippen MR) is 78.9 cm³/mol. The van der Waals surface area contributed by atoms with Crippen LogP contribution in [0.2, 0.25) is 0 Å². The molecule has 0 aromatic rings. The van der Waals surface area contributed by atoms with Crippen molar-refractivity contribution in [3.8, 4) is 0 Å². The average molecular weight is 295 g/mol. The van der Waals surface area contributed by atoms with E-state index in [0.29, 0.717) is 6.54 Å². The molecule has 1 heterocycles. The summed E-state index contributed by atoms with van der Waals surface area (Å²) in [4.78, 5) is 25.2. The van der Waals surface area contributed by atoms with E-state index in [1.165, 1.54) is 0 Å². The summed E-state index contributed by atoms with van der Waals surface area (Å²) in [6.45, 7) is 1.58. The predicted octanol–water partition coefficient (Wildman–Crippen LogP) is 2.22. The SMILES string of the molecule is O=C(O)CCN(CC1CCCO1)C(=O)C1CCC=CCC1. The van der Waals surface area contributed by atoms with Crippen molar-refractivity contribution in [3.63, 3.8) is 0 Å². The Bertz CT molecular complexity index is 378. The number of ether oxygens (including phenoxy) is 1. The van der Waals surface area contributed by atoms with Crippen molar-refractivity contribution >= 4 is 11.9 Å². The molecule has 2 aliphatic rings. The van der Waals surface area contributed by atoms with E-state index in [2.05, 4.69) is 12.2 Å². The number of carbonyl (C=O) groups is 2. The Morgan fingerprint density at radius 1 is 1.19 bits per heavy atom. The number of amides is 1. The van der Waals surface area contributed by atoms with Crippen molar-refractivity contribution < 1.29 is 19.4 Å². The Balaban J connectivity index is 1.94. The van der Waals surface area contributed by atoms with Crippen LogP contribution in [-0.4, -0.2) is 47.7 Å². The fourth-order valence-electron chi connectivity index (χ4n) is 3.04. The number of carboxylic acids is 1. The van der Waals surface area contributed by atoms with Gasteiger partial charge in [-0.15, -0.1) is 0 Å². The van der Waals surface area contributed by atoms with Gasteiger partial charge in [-0.25, -0.2) is 0 Å². The van der Waals surface area contributed by atoms with Crippen LogP contribution in [0.4, 0.5) is 0 Å². The largest absolute Gasteiger partial charge is 0.481 e. The van der Waals surface area contributed by atoms with Crippen LogP contribution in [0.15, 0.2) is 12.2 Å². The molecule has 1 unspecified atom stereocenters. The van der Waals surface area contributed by atoms with Crippen LogP contribution in [0, 0.1) is 5.92 Å². The summed E-state index contributed by atoms with van der Waals surface area (Å²) in [6.07, 6.45) is 9.93. The highest BCUT2D eigenvalue weighted by atomic mass is 16.5. The van der Waals surface area contributed by atoms with E-state index >= 15 is 0 Å². The molecule has 21 heavy (non-hydrogen) atoms. The molecule has 0 spiro atoms. The van der Waals surface area contributed by atoms with Crippen LogP contribution in [-0.2, 0) is 14.3 Å². The molecule has 0 radical (unpaired) electrons. The Morgan fingerprint density at radius 3 is 2.48 bits per heavy atom. The minimum absolute atomic E-state index is 0.00340. The van der Waals surface area contributed by atoms with Gasteiger partial charge >= 0.3 is 5.97 Å². The van der Waals surface area contributed by atoms with Crippen molar-refractivity contribution in [1.29, 1.82) is 0 Å². The van der Waals surface area contributed by atoms with Gasteiger partial charge in [0.1, 0.15) is 0 Å². The topological polar surface area (TPSA) is 66.8 Å². The molecule has 1 saturated heterocycles. The number of rotatable bonds is 6. The van der Waals surface area contributed by atoms with Crippen molar-refractivity contribution in [1.82, 2.24) is 4.90 Å². The Kier molecular flexibility index (Phi) is 6.23. The lowest BCUT2D eigenvalue weighted by Crippen LogP contribution is -2.42. The van der Waals surface area contributed by atoms with Crippen molar-refractivity contribution in [2.75, 3.05) is 19.7 Å². The van der Waals surface area contributed by atoms with Gasteiger partial charge in [0, 0.05) is 25.6 Å². The third-order valence-electron chi connectivity index (χ3n) is 4.23. The van der Waals surface area contributed by atoms with Gasteiger partial charge in [-0.05, 0) is 38.5 Å². The van der Waals surface area contributed by atoms with Gasteiger partial charge in [0.2, 0.25) is 5.91 Å². The zero-order chi connectivity index (χ0) is 15.1. The molecule has 1 N–H and O–H groups in total. The minimum atomic E-state index is -0.859. The van der Waals surface area contributed by atoms with Crippen molar-refractivity contribution in [3.05, 3.63) is 12.2 Å². The molecule has 1 amide bonds. The van der Waals surface area contributed by atoms with Crippen LogP contribution in [0.3, 0.4) is 0 Å². The number of carboxylic acid groups (broad SMARTS) is 1. The van der Waals surface area contributed by atoms with Crippen LogP contribution < -0.4 is 0 Å². The summed E-state index contributed by atoms with van der Waals surface area (Å²) in [7, 11) is 0. The van der Waals surface area contributed by atoms with Gasteiger partial charge < -0.3 is 14.7 Å². The monoisotopic (exact) mass is 295 g/mol. The summed E-state index contributed by atoms with van der Waals surface area (Å²) >= 11 is 0. The molecular formula is C16H25NO4. The molecule has 0 aromatic carbocycles. The normalized spacial score (nSPS) is 23.0. The first-order valence-corrected chi connectivity index (χ1v) is 7.94. The van der Waals surface area contributed by atoms with Crippen LogP contribution >= 0.6 is 0 Å². The maximum absolute atomic E-state index is 12.7. The molecule has 0 bridgehead atoms. The summed E-state index contributed by atoms with van der Waals surface area (Å²) in [5.41, 5.74) is 0. The van der Waals surface area contributed by atoms with Gasteiger partial charge in [-0.3, -0.25) is 9.59 Å². The third kappa shape index (κ3) is 5.16. The summed E-state index contributed by atoms with van der Waals surface area (Å²) in [5, 5.41) is 8.88. The molecule has 1 aliphatic carbocycles. The van der Waals surface area contributed by atoms with E-state index in [1.54, 1.807) is 4.90 Å². The van der Waals surface area contributed by atoms with E-state index in [-0.39, 0.29) is 30.9 Å². The van der Waals surface area contributed by atoms with Crippen LogP contribution in [0.1, 0.15) is 44.9 Å². The fourth-order valence-corrected chi connectivity index (χ4v) is 3.04. The van der Waals surface area contributed by atoms with E-state index in [1.807, 2.05) is 0 Å². The average Bonchev–Trinajstić information content (AvgIpc) is 2.82. The van der Waals surface area contributed by atoms with Gasteiger partial charge in [0.25, 0.3) is 0 Å². The van der Waals surface area contributed by atoms with E-state index in [9.17, 15) is 9.59 Å². The van der Waals surface area contributed by atoms with Crippen LogP contribution in [0.5, 0.6) is 0 Å². The zero-order valence-electron chi connectivity index (χ0n) is 12.5. The first-order chi connectivity index (χ1) is 10.2. The first kappa shape index (κ1) is 16.0. The number of aliphatic carboxylic acids is 1. The number of hydrogen-bond acceptors (Lipinski definition) is 3. The first-order valence-electron chi connectivity index (χ1n) is 7.94. The zero-order valence-corrected chi connectivity index (χ0v) is 12.5. The lowest BCUT2D eigenvalue weighted by Gasteiger charge is -2.28.